The van der Waals surface area contributed by atoms with Crippen molar-refractivity contribution in [3.63, 3.8) is 0 Å². The summed E-state index contributed by atoms with van der Waals surface area (Å²) in [5.41, 5.74) is 5.34. The van der Waals surface area contributed by atoms with E-state index in [-0.39, 0.29) is 18.6 Å². The summed E-state index contributed by atoms with van der Waals surface area (Å²) in [5.74, 6) is -0.813. The maximum Gasteiger partial charge on any atom is 0.303 e. The van der Waals surface area contributed by atoms with Crippen LogP contribution in [0.3, 0.4) is 0 Å². The summed E-state index contributed by atoms with van der Waals surface area (Å²) in [5, 5.41) is 8.17. The molecule has 0 amide bonds. The highest BCUT2D eigenvalue weighted by Gasteiger charge is 1.99. The van der Waals surface area contributed by atoms with Gasteiger partial charge in [0.1, 0.15) is 0 Å². The van der Waals surface area contributed by atoms with Gasteiger partial charge >= 0.3 is 5.97 Å². The molecule has 10 heavy (non-hydrogen) atoms. The molecule has 0 saturated carbocycles. The van der Waals surface area contributed by atoms with Crippen LogP contribution in [0.5, 0.6) is 0 Å². The fourth-order valence-corrected chi connectivity index (χ4v) is 0.408. The van der Waals surface area contributed by atoms with Crippen LogP contribution in [0.4, 0.5) is 0 Å². The molecule has 60 valence electrons. The third kappa shape index (κ3) is 7.13. The van der Waals surface area contributed by atoms with Gasteiger partial charge in [0, 0.05) is 12.5 Å². The summed E-state index contributed by atoms with van der Waals surface area (Å²) < 4.78 is 0. The molecule has 6 N–H and O–H groups in total. The second-order valence-electron chi connectivity index (χ2n) is 1.83. The van der Waals surface area contributed by atoms with Crippen molar-refractivity contribution in [3.05, 3.63) is 12.7 Å². The maximum absolute atomic E-state index is 9.93. The van der Waals surface area contributed by atoms with Gasteiger partial charge in [-0.2, -0.15) is 0 Å². The largest absolute Gasteiger partial charge is 0.481 e. The van der Waals surface area contributed by atoms with Gasteiger partial charge in [-0.1, -0.05) is 6.08 Å². The van der Waals surface area contributed by atoms with E-state index in [0.717, 1.165) is 0 Å². The third-order valence-electron chi connectivity index (χ3n) is 0.994. The average molecular weight is 146 g/mol. The first kappa shape index (κ1) is 11.9. The van der Waals surface area contributed by atoms with Gasteiger partial charge in [0.25, 0.3) is 0 Å². The van der Waals surface area contributed by atoms with Gasteiger partial charge in [-0.05, 0) is 6.42 Å². The summed E-state index contributed by atoms with van der Waals surface area (Å²) >= 11 is 0. The topological polar surface area (TPSA) is 98.3 Å². The first-order valence-electron chi connectivity index (χ1n) is 2.76. The second kappa shape index (κ2) is 6.25. The number of nitrogens with two attached hydrogens (primary N) is 1. The third-order valence-corrected chi connectivity index (χ3v) is 0.994. The lowest BCUT2D eigenvalue weighted by molar-refractivity contribution is -0.137. The van der Waals surface area contributed by atoms with Gasteiger partial charge < -0.3 is 17.0 Å². The van der Waals surface area contributed by atoms with E-state index in [4.69, 9.17) is 10.8 Å². The quantitative estimate of drug-likeness (QED) is 0.504. The minimum Gasteiger partial charge on any atom is -0.481 e. The molecule has 0 aliphatic rings. The van der Waals surface area contributed by atoms with Gasteiger partial charge in [-0.15, -0.1) is 6.58 Å². The molecule has 0 spiro atoms. The molecule has 4 heteroatoms. The standard InChI is InChI=1S/C6H11NO2.H3N/c1-2-5(7)3-4-6(8)9;/h2,5H,1,3-4,7H2,(H,8,9);1H3. The van der Waals surface area contributed by atoms with Crippen LogP contribution in [0.2, 0.25) is 0 Å². The molecule has 0 bridgehead atoms. The fraction of sp³-hybridized carbons (Fsp3) is 0.500. The lowest BCUT2D eigenvalue weighted by Gasteiger charge is -2.00. The smallest absolute Gasteiger partial charge is 0.303 e. The molecule has 4 nitrogen and oxygen atoms in total. The molecule has 0 saturated heterocycles. The zero-order valence-electron chi connectivity index (χ0n) is 5.92. The molecular formula is C6H14N2O2. The Morgan fingerprint density at radius 1 is 1.80 bits per heavy atom. The molecule has 1 atom stereocenters. The zero-order chi connectivity index (χ0) is 7.28. The second-order valence-corrected chi connectivity index (χ2v) is 1.83. The van der Waals surface area contributed by atoms with E-state index in [9.17, 15) is 4.79 Å². The molecule has 0 aliphatic heterocycles. The Morgan fingerprint density at radius 2 is 2.30 bits per heavy atom. The SMILES string of the molecule is C=CC(N)CCC(=O)O.N. The Kier molecular flexibility index (Phi) is 7.42. The van der Waals surface area contributed by atoms with Crippen LogP contribution in [-0.4, -0.2) is 17.1 Å². The zero-order valence-corrected chi connectivity index (χ0v) is 5.92. The number of carboxylic acids is 1. The van der Waals surface area contributed by atoms with E-state index >= 15 is 0 Å². The molecule has 0 aromatic heterocycles. The van der Waals surface area contributed by atoms with Gasteiger partial charge in [0.05, 0.1) is 0 Å². The van der Waals surface area contributed by atoms with Gasteiger partial charge in [0.15, 0.2) is 0 Å². The Hall–Kier alpha value is -0.870. The monoisotopic (exact) mass is 146 g/mol. The van der Waals surface area contributed by atoms with Crippen LogP contribution in [0, 0.1) is 0 Å². The fourth-order valence-electron chi connectivity index (χ4n) is 0.408. The number of carboxylic acid groups (broad SMARTS) is 1. The molecule has 1 unspecified atom stereocenters. The first-order valence-corrected chi connectivity index (χ1v) is 2.76. The highest BCUT2D eigenvalue weighted by Crippen LogP contribution is 1.93. The molecule has 0 fully saturated rings. The summed E-state index contributed by atoms with van der Waals surface area (Å²) in [6, 6.07) is -0.180. The minimum atomic E-state index is -0.813. The van der Waals surface area contributed by atoms with Crippen molar-refractivity contribution in [3.8, 4) is 0 Å². The summed E-state index contributed by atoms with van der Waals surface area (Å²) in [6.07, 6.45) is 2.13. The Balaban J connectivity index is 0. The molecule has 0 aromatic carbocycles. The molecule has 0 radical (unpaired) electrons. The van der Waals surface area contributed by atoms with Crippen molar-refractivity contribution in [1.82, 2.24) is 6.15 Å². The molecule has 0 aromatic rings. The molecule has 0 heterocycles. The first-order chi connectivity index (χ1) is 4.16. The van der Waals surface area contributed by atoms with Crippen LogP contribution in [-0.2, 0) is 4.79 Å². The highest BCUT2D eigenvalue weighted by molar-refractivity contribution is 5.66. The van der Waals surface area contributed by atoms with Crippen molar-refractivity contribution in [2.24, 2.45) is 5.73 Å². The average Bonchev–Trinajstić information content (AvgIpc) is 1.83. The number of rotatable bonds is 4. The van der Waals surface area contributed by atoms with E-state index in [1.54, 1.807) is 6.08 Å². The predicted molar refractivity (Wildman–Crippen MR) is 40.1 cm³/mol. The molecule has 0 rings (SSSR count). The van der Waals surface area contributed by atoms with E-state index in [1.165, 1.54) is 0 Å². The number of hydrogen-bond acceptors (Lipinski definition) is 3. The van der Waals surface area contributed by atoms with Gasteiger partial charge in [-0.25, -0.2) is 0 Å². The van der Waals surface area contributed by atoms with Gasteiger partial charge in [-0.3, -0.25) is 4.79 Å². The van der Waals surface area contributed by atoms with Crippen molar-refractivity contribution >= 4 is 5.97 Å². The summed E-state index contributed by atoms with van der Waals surface area (Å²) in [4.78, 5) is 9.93. The van der Waals surface area contributed by atoms with E-state index in [0.29, 0.717) is 6.42 Å². The minimum absolute atomic E-state index is 0. The van der Waals surface area contributed by atoms with Crippen LogP contribution < -0.4 is 11.9 Å². The highest BCUT2D eigenvalue weighted by atomic mass is 16.4. The Labute approximate surface area is 60.3 Å². The molecular weight excluding hydrogens is 132 g/mol. The van der Waals surface area contributed by atoms with Crippen LogP contribution >= 0.6 is 0 Å². The lowest BCUT2D eigenvalue weighted by atomic mass is 10.2. The van der Waals surface area contributed by atoms with Gasteiger partial charge in [0.2, 0.25) is 0 Å². The summed E-state index contributed by atoms with van der Waals surface area (Å²) in [6.45, 7) is 3.42. The van der Waals surface area contributed by atoms with Crippen molar-refractivity contribution in [2.75, 3.05) is 0 Å². The lowest BCUT2D eigenvalue weighted by Crippen LogP contribution is -2.17. The Morgan fingerprint density at radius 3 is 2.60 bits per heavy atom. The number of carbonyl (C=O) groups is 1. The van der Waals surface area contributed by atoms with E-state index in [2.05, 4.69) is 6.58 Å². The molecule has 0 aliphatic carbocycles. The predicted octanol–water partition coefficient (Wildman–Crippen LogP) is 0.527. The van der Waals surface area contributed by atoms with Crippen LogP contribution in [0.1, 0.15) is 12.8 Å². The number of aliphatic carboxylic acids is 1. The van der Waals surface area contributed by atoms with Crippen LogP contribution in [0.15, 0.2) is 12.7 Å². The van der Waals surface area contributed by atoms with Crippen molar-refractivity contribution < 1.29 is 9.90 Å². The van der Waals surface area contributed by atoms with E-state index < -0.39 is 5.97 Å². The maximum atomic E-state index is 9.93. The van der Waals surface area contributed by atoms with Crippen molar-refractivity contribution in [1.29, 1.82) is 0 Å². The summed E-state index contributed by atoms with van der Waals surface area (Å²) in [7, 11) is 0. The van der Waals surface area contributed by atoms with Crippen LogP contribution in [0.25, 0.3) is 0 Å². The Bertz CT molecular complexity index is 114. The van der Waals surface area contributed by atoms with E-state index in [1.807, 2.05) is 0 Å². The normalized spacial score (nSPS) is 11.3. The van der Waals surface area contributed by atoms with Crippen molar-refractivity contribution in [2.45, 2.75) is 18.9 Å². The number of hydrogen-bond donors (Lipinski definition) is 3.